The number of aliphatic carboxylic acids is 1. The summed E-state index contributed by atoms with van der Waals surface area (Å²) in [5.41, 5.74) is 0.581. The topological polar surface area (TPSA) is 78.4 Å². The first kappa shape index (κ1) is 12.5. The molecule has 0 heterocycles. The number of carboxylic acid groups (broad SMARTS) is 1. The van der Waals surface area contributed by atoms with Crippen molar-refractivity contribution in [1.82, 2.24) is 5.32 Å². The summed E-state index contributed by atoms with van der Waals surface area (Å²) < 4.78 is 0.730. The number of carboxylic acids is 1. The fourth-order valence-electron chi connectivity index (χ4n) is 0.979. The number of anilines is 1. The van der Waals surface area contributed by atoms with Crippen LogP contribution in [0.15, 0.2) is 28.7 Å². The maximum absolute atomic E-state index is 11.4. The zero-order chi connectivity index (χ0) is 12.1. The lowest BCUT2D eigenvalue weighted by Gasteiger charge is -2.11. The molecule has 1 aromatic rings. The third kappa shape index (κ3) is 3.54. The quantitative estimate of drug-likeness (QED) is 0.796. The van der Waals surface area contributed by atoms with Crippen molar-refractivity contribution in [2.24, 2.45) is 0 Å². The molecule has 2 amide bonds. The van der Waals surface area contributed by atoms with E-state index in [1.54, 1.807) is 18.2 Å². The fraction of sp³-hybridized carbons (Fsp3) is 0.200. The van der Waals surface area contributed by atoms with Gasteiger partial charge >= 0.3 is 12.0 Å². The molecule has 0 saturated carbocycles. The van der Waals surface area contributed by atoms with Crippen molar-refractivity contribution in [3.05, 3.63) is 28.7 Å². The Morgan fingerprint density at radius 1 is 1.38 bits per heavy atom. The van der Waals surface area contributed by atoms with Gasteiger partial charge in [-0.15, -0.1) is 0 Å². The van der Waals surface area contributed by atoms with E-state index in [0.717, 1.165) is 4.47 Å². The highest BCUT2D eigenvalue weighted by Gasteiger charge is 2.14. The number of amides is 2. The smallest absolute Gasteiger partial charge is 0.325 e. The Hall–Kier alpha value is -1.56. The second kappa shape index (κ2) is 5.50. The Labute approximate surface area is 101 Å². The highest BCUT2D eigenvalue weighted by atomic mass is 79.9. The SMILES string of the molecule is CC(NC(=O)Nc1ccccc1Br)C(=O)O. The molecule has 0 aliphatic rings. The highest BCUT2D eigenvalue weighted by Crippen LogP contribution is 2.20. The second-order valence-corrected chi connectivity index (χ2v) is 3.99. The molecule has 16 heavy (non-hydrogen) atoms. The van der Waals surface area contributed by atoms with Crippen LogP contribution in [0.3, 0.4) is 0 Å². The van der Waals surface area contributed by atoms with Crippen molar-refractivity contribution in [1.29, 1.82) is 0 Å². The van der Waals surface area contributed by atoms with Crippen molar-refractivity contribution >= 4 is 33.6 Å². The molecule has 1 aromatic carbocycles. The molecule has 3 N–H and O–H groups in total. The van der Waals surface area contributed by atoms with Gasteiger partial charge in [-0.2, -0.15) is 0 Å². The molecule has 6 heteroatoms. The molecule has 1 rings (SSSR count). The van der Waals surface area contributed by atoms with Crippen molar-refractivity contribution in [2.75, 3.05) is 5.32 Å². The van der Waals surface area contributed by atoms with Crippen LogP contribution in [0, 0.1) is 0 Å². The van der Waals surface area contributed by atoms with E-state index in [4.69, 9.17) is 5.11 Å². The van der Waals surface area contributed by atoms with Gasteiger partial charge in [-0.3, -0.25) is 4.79 Å². The lowest BCUT2D eigenvalue weighted by Crippen LogP contribution is -2.40. The summed E-state index contributed by atoms with van der Waals surface area (Å²) in [6.07, 6.45) is 0. The number of urea groups is 1. The number of carbonyl (C=O) groups is 2. The molecule has 0 aliphatic heterocycles. The summed E-state index contributed by atoms with van der Waals surface area (Å²) in [6.45, 7) is 1.39. The van der Waals surface area contributed by atoms with Crippen LogP contribution < -0.4 is 10.6 Å². The normalized spacial score (nSPS) is 11.6. The predicted molar refractivity (Wildman–Crippen MR) is 63.4 cm³/mol. The average Bonchev–Trinajstić information content (AvgIpc) is 2.21. The molecule has 1 unspecified atom stereocenters. The molecule has 86 valence electrons. The summed E-state index contributed by atoms with van der Waals surface area (Å²) >= 11 is 3.26. The monoisotopic (exact) mass is 286 g/mol. The fourth-order valence-corrected chi connectivity index (χ4v) is 1.36. The molecule has 0 fully saturated rings. The first-order valence-electron chi connectivity index (χ1n) is 4.55. The maximum atomic E-state index is 11.4. The number of halogens is 1. The van der Waals surface area contributed by atoms with Gasteiger partial charge in [-0.05, 0) is 35.0 Å². The number of rotatable bonds is 3. The summed E-state index contributed by atoms with van der Waals surface area (Å²) in [6, 6.07) is 5.57. The van der Waals surface area contributed by atoms with E-state index in [0.29, 0.717) is 5.69 Å². The summed E-state index contributed by atoms with van der Waals surface area (Å²) in [4.78, 5) is 21.9. The van der Waals surface area contributed by atoms with E-state index < -0.39 is 18.0 Å². The van der Waals surface area contributed by atoms with Gasteiger partial charge in [0.15, 0.2) is 0 Å². The first-order chi connectivity index (χ1) is 7.50. The van der Waals surface area contributed by atoms with Gasteiger partial charge < -0.3 is 15.7 Å². The first-order valence-corrected chi connectivity index (χ1v) is 5.35. The van der Waals surface area contributed by atoms with Gasteiger partial charge in [0.25, 0.3) is 0 Å². The molecule has 0 saturated heterocycles. The van der Waals surface area contributed by atoms with Crippen molar-refractivity contribution < 1.29 is 14.7 Å². The van der Waals surface area contributed by atoms with Gasteiger partial charge in [-0.25, -0.2) is 4.79 Å². The minimum absolute atomic E-state index is 0.554. The standard InChI is InChI=1S/C10H11BrN2O3/c1-6(9(14)15)12-10(16)13-8-5-3-2-4-7(8)11/h2-6H,1H3,(H,14,15)(H2,12,13,16). The highest BCUT2D eigenvalue weighted by molar-refractivity contribution is 9.10. The van der Waals surface area contributed by atoms with E-state index in [2.05, 4.69) is 26.6 Å². The molecule has 5 nitrogen and oxygen atoms in total. The van der Waals surface area contributed by atoms with Crippen molar-refractivity contribution in [3.8, 4) is 0 Å². The zero-order valence-corrected chi connectivity index (χ0v) is 10.1. The Balaban J connectivity index is 2.59. The largest absolute Gasteiger partial charge is 0.480 e. The van der Waals surface area contributed by atoms with Gasteiger partial charge in [0.05, 0.1) is 5.69 Å². The number of hydrogen-bond donors (Lipinski definition) is 3. The number of carbonyl (C=O) groups excluding carboxylic acids is 1. The van der Waals surface area contributed by atoms with E-state index in [1.165, 1.54) is 6.92 Å². The van der Waals surface area contributed by atoms with E-state index in [9.17, 15) is 9.59 Å². The molecule has 0 aliphatic carbocycles. The summed E-state index contributed by atoms with van der Waals surface area (Å²) in [5.74, 6) is -1.08. The zero-order valence-electron chi connectivity index (χ0n) is 8.53. The van der Waals surface area contributed by atoms with Crippen molar-refractivity contribution in [3.63, 3.8) is 0 Å². The maximum Gasteiger partial charge on any atom is 0.325 e. The Morgan fingerprint density at radius 2 is 2.00 bits per heavy atom. The lowest BCUT2D eigenvalue weighted by atomic mass is 10.3. The Morgan fingerprint density at radius 3 is 2.56 bits per heavy atom. The minimum atomic E-state index is -1.08. The second-order valence-electron chi connectivity index (χ2n) is 3.14. The average molecular weight is 287 g/mol. The molecule has 0 spiro atoms. The van der Waals surface area contributed by atoms with Crippen LogP contribution in [-0.2, 0) is 4.79 Å². The summed E-state index contributed by atoms with van der Waals surface area (Å²) in [7, 11) is 0. The van der Waals surface area contributed by atoms with Crippen LogP contribution in [0.1, 0.15) is 6.92 Å². The predicted octanol–water partition coefficient (Wildman–Crippen LogP) is 2.04. The molecule has 0 bridgehead atoms. The van der Waals surface area contributed by atoms with Crippen LogP contribution in [-0.4, -0.2) is 23.1 Å². The lowest BCUT2D eigenvalue weighted by molar-refractivity contribution is -0.138. The Kier molecular flexibility index (Phi) is 4.30. The number of nitrogens with one attached hydrogen (secondary N) is 2. The van der Waals surface area contributed by atoms with Crippen LogP contribution in [0.4, 0.5) is 10.5 Å². The third-order valence-electron chi connectivity index (χ3n) is 1.84. The summed E-state index contributed by atoms with van der Waals surface area (Å²) in [5, 5.41) is 13.4. The molecular weight excluding hydrogens is 276 g/mol. The third-order valence-corrected chi connectivity index (χ3v) is 2.53. The van der Waals surface area contributed by atoms with Gasteiger partial charge in [0.2, 0.25) is 0 Å². The van der Waals surface area contributed by atoms with E-state index in [1.807, 2.05) is 6.07 Å². The van der Waals surface area contributed by atoms with Crippen LogP contribution in [0.2, 0.25) is 0 Å². The van der Waals surface area contributed by atoms with Crippen molar-refractivity contribution in [2.45, 2.75) is 13.0 Å². The van der Waals surface area contributed by atoms with Gasteiger partial charge in [-0.1, -0.05) is 12.1 Å². The molecular formula is C10H11BrN2O3. The number of para-hydroxylation sites is 1. The van der Waals surface area contributed by atoms with Crippen LogP contribution in [0.5, 0.6) is 0 Å². The van der Waals surface area contributed by atoms with E-state index in [-0.39, 0.29) is 0 Å². The number of benzene rings is 1. The van der Waals surface area contributed by atoms with Crippen LogP contribution in [0.25, 0.3) is 0 Å². The van der Waals surface area contributed by atoms with E-state index >= 15 is 0 Å². The molecule has 0 aromatic heterocycles. The van der Waals surface area contributed by atoms with Gasteiger partial charge in [0, 0.05) is 4.47 Å². The minimum Gasteiger partial charge on any atom is -0.480 e. The number of hydrogen-bond acceptors (Lipinski definition) is 2. The molecule has 1 atom stereocenters. The molecule has 0 radical (unpaired) electrons. The van der Waals surface area contributed by atoms with Gasteiger partial charge in [0.1, 0.15) is 6.04 Å². The van der Waals surface area contributed by atoms with Crippen LogP contribution >= 0.6 is 15.9 Å². The Bertz CT molecular complexity index is 409.